The van der Waals surface area contributed by atoms with Gasteiger partial charge >= 0.3 is 0 Å². The molecule has 1 heterocycles. The van der Waals surface area contributed by atoms with Crippen molar-refractivity contribution in [3.8, 4) is 0 Å². The largest absolute Gasteiger partial charge is 0.318 e. The van der Waals surface area contributed by atoms with Crippen LogP contribution in [0.15, 0.2) is 0 Å². The van der Waals surface area contributed by atoms with E-state index >= 15 is 0 Å². The Kier molecular flexibility index (Phi) is 2.50. The fourth-order valence-electron chi connectivity index (χ4n) is 2.54. The average molecular weight is 170 g/mol. The van der Waals surface area contributed by atoms with Crippen LogP contribution in [-0.4, -0.2) is 22.6 Å². The number of hydrogen-bond acceptors (Lipinski definition) is 2. The third-order valence-electron chi connectivity index (χ3n) is 3.22. The predicted octanol–water partition coefficient (Wildman–Crippen LogP) is 1.95. The van der Waals surface area contributed by atoms with Gasteiger partial charge in [0.25, 0.3) is 0 Å². The van der Waals surface area contributed by atoms with Crippen molar-refractivity contribution in [1.29, 1.82) is 0 Å². The molecule has 2 nitrogen and oxygen atoms in total. The van der Waals surface area contributed by atoms with E-state index in [0.29, 0.717) is 6.67 Å². The van der Waals surface area contributed by atoms with Crippen LogP contribution in [0.5, 0.6) is 0 Å². The third-order valence-corrected chi connectivity index (χ3v) is 3.22. The predicted molar refractivity (Wildman–Crippen MR) is 52.9 cm³/mol. The van der Waals surface area contributed by atoms with E-state index in [1.54, 1.807) is 0 Å². The summed E-state index contributed by atoms with van der Waals surface area (Å²) in [6.07, 6.45) is 3.87. The zero-order valence-electron chi connectivity index (χ0n) is 8.85. The summed E-state index contributed by atoms with van der Waals surface area (Å²) >= 11 is 0. The standard InChI is InChI=1S/C10H22N2/c1-9(2)6-5-7-10(3,4)12(9)8-11/h5-8,11H2,1-4H3. The number of hydrogen-bond donors (Lipinski definition) is 1. The Morgan fingerprint density at radius 2 is 1.50 bits per heavy atom. The molecule has 0 saturated carbocycles. The quantitative estimate of drug-likeness (QED) is 0.651. The van der Waals surface area contributed by atoms with Gasteiger partial charge in [-0.1, -0.05) is 0 Å². The lowest BCUT2D eigenvalue weighted by molar-refractivity contribution is -0.0243. The van der Waals surface area contributed by atoms with Gasteiger partial charge in [-0.15, -0.1) is 0 Å². The molecule has 12 heavy (non-hydrogen) atoms. The molecule has 1 fully saturated rings. The number of likely N-dealkylation sites (tertiary alicyclic amines) is 1. The van der Waals surface area contributed by atoms with E-state index in [0.717, 1.165) is 0 Å². The van der Waals surface area contributed by atoms with Gasteiger partial charge in [-0.2, -0.15) is 0 Å². The molecule has 2 N–H and O–H groups in total. The first-order valence-electron chi connectivity index (χ1n) is 4.88. The minimum atomic E-state index is 0.288. The summed E-state index contributed by atoms with van der Waals surface area (Å²) in [5, 5.41) is 0. The van der Waals surface area contributed by atoms with Crippen LogP contribution < -0.4 is 5.73 Å². The summed E-state index contributed by atoms with van der Waals surface area (Å²) in [4.78, 5) is 2.42. The number of rotatable bonds is 1. The summed E-state index contributed by atoms with van der Waals surface area (Å²) in [5.74, 6) is 0. The minimum Gasteiger partial charge on any atom is -0.318 e. The molecular weight excluding hydrogens is 148 g/mol. The average Bonchev–Trinajstić information content (AvgIpc) is 1.83. The Morgan fingerprint density at radius 3 is 1.75 bits per heavy atom. The lowest BCUT2D eigenvalue weighted by Crippen LogP contribution is -2.60. The monoisotopic (exact) mass is 170 g/mol. The van der Waals surface area contributed by atoms with Gasteiger partial charge in [-0.3, -0.25) is 4.90 Å². The van der Waals surface area contributed by atoms with Crippen LogP contribution in [0.3, 0.4) is 0 Å². The van der Waals surface area contributed by atoms with Crippen molar-refractivity contribution in [2.75, 3.05) is 6.67 Å². The van der Waals surface area contributed by atoms with Gasteiger partial charge in [0.1, 0.15) is 0 Å². The second kappa shape index (κ2) is 3.00. The molecule has 0 amide bonds. The first kappa shape index (κ1) is 10.0. The third kappa shape index (κ3) is 1.64. The van der Waals surface area contributed by atoms with Crippen molar-refractivity contribution in [2.45, 2.75) is 58.0 Å². The fraction of sp³-hybridized carbons (Fsp3) is 1.00. The van der Waals surface area contributed by atoms with E-state index < -0.39 is 0 Å². The highest BCUT2D eigenvalue weighted by Gasteiger charge is 2.39. The van der Waals surface area contributed by atoms with E-state index in [2.05, 4.69) is 32.6 Å². The molecule has 0 radical (unpaired) electrons. The molecule has 72 valence electrons. The van der Waals surface area contributed by atoms with E-state index in [4.69, 9.17) is 5.73 Å². The number of nitrogens with zero attached hydrogens (tertiary/aromatic N) is 1. The Labute approximate surface area is 76.1 Å². The molecule has 1 aliphatic rings. The van der Waals surface area contributed by atoms with E-state index in [-0.39, 0.29) is 11.1 Å². The maximum Gasteiger partial charge on any atom is 0.0465 e. The second-order valence-corrected chi connectivity index (χ2v) is 5.09. The van der Waals surface area contributed by atoms with Crippen molar-refractivity contribution in [3.05, 3.63) is 0 Å². The number of nitrogens with two attached hydrogens (primary N) is 1. The zero-order chi connectivity index (χ0) is 9.41. The zero-order valence-corrected chi connectivity index (χ0v) is 8.85. The lowest BCUT2D eigenvalue weighted by Gasteiger charge is -2.52. The molecule has 1 aliphatic heterocycles. The molecule has 0 atom stereocenters. The van der Waals surface area contributed by atoms with Crippen LogP contribution in [0, 0.1) is 0 Å². The van der Waals surface area contributed by atoms with Crippen molar-refractivity contribution in [2.24, 2.45) is 5.73 Å². The summed E-state index contributed by atoms with van der Waals surface area (Å²) in [6, 6.07) is 0. The minimum absolute atomic E-state index is 0.288. The molecule has 0 spiro atoms. The highest BCUT2D eigenvalue weighted by Crippen LogP contribution is 2.36. The Morgan fingerprint density at radius 1 is 1.08 bits per heavy atom. The van der Waals surface area contributed by atoms with Crippen LogP contribution >= 0.6 is 0 Å². The van der Waals surface area contributed by atoms with Crippen LogP contribution in [0.25, 0.3) is 0 Å². The van der Waals surface area contributed by atoms with Gasteiger partial charge in [0.2, 0.25) is 0 Å². The van der Waals surface area contributed by atoms with E-state index in [1.807, 2.05) is 0 Å². The molecule has 2 heteroatoms. The summed E-state index contributed by atoms with van der Waals surface area (Å²) < 4.78 is 0. The highest BCUT2D eigenvalue weighted by molar-refractivity contribution is 4.95. The van der Waals surface area contributed by atoms with Gasteiger partial charge in [0, 0.05) is 17.7 Å². The molecule has 0 aromatic rings. The van der Waals surface area contributed by atoms with Crippen LogP contribution in [0.4, 0.5) is 0 Å². The van der Waals surface area contributed by atoms with Crippen LogP contribution in [-0.2, 0) is 0 Å². The Balaban J connectivity index is 2.81. The molecule has 1 rings (SSSR count). The molecule has 0 bridgehead atoms. The van der Waals surface area contributed by atoms with Crippen molar-refractivity contribution in [3.63, 3.8) is 0 Å². The highest BCUT2D eigenvalue weighted by atomic mass is 15.3. The Hall–Kier alpha value is -0.0800. The van der Waals surface area contributed by atoms with Crippen LogP contribution in [0.2, 0.25) is 0 Å². The maximum absolute atomic E-state index is 5.78. The van der Waals surface area contributed by atoms with E-state index in [1.165, 1.54) is 19.3 Å². The first-order valence-corrected chi connectivity index (χ1v) is 4.88. The Bertz CT molecular complexity index is 145. The maximum atomic E-state index is 5.78. The SMILES string of the molecule is CC1(C)CCCC(C)(C)N1CN. The fourth-order valence-corrected chi connectivity index (χ4v) is 2.54. The second-order valence-electron chi connectivity index (χ2n) is 5.09. The smallest absolute Gasteiger partial charge is 0.0465 e. The normalized spacial score (nSPS) is 28.8. The van der Waals surface area contributed by atoms with Crippen molar-refractivity contribution < 1.29 is 0 Å². The van der Waals surface area contributed by atoms with E-state index in [9.17, 15) is 0 Å². The topological polar surface area (TPSA) is 29.3 Å². The van der Waals surface area contributed by atoms with Gasteiger partial charge in [0.05, 0.1) is 0 Å². The van der Waals surface area contributed by atoms with Gasteiger partial charge in [-0.25, -0.2) is 0 Å². The first-order chi connectivity index (χ1) is 5.40. The molecule has 0 aromatic carbocycles. The van der Waals surface area contributed by atoms with Gasteiger partial charge in [-0.05, 0) is 47.0 Å². The molecular formula is C10H22N2. The molecule has 0 aliphatic carbocycles. The van der Waals surface area contributed by atoms with Crippen molar-refractivity contribution in [1.82, 2.24) is 4.90 Å². The molecule has 0 unspecified atom stereocenters. The van der Waals surface area contributed by atoms with Crippen LogP contribution in [0.1, 0.15) is 47.0 Å². The number of piperidine rings is 1. The van der Waals surface area contributed by atoms with Crippen molar-refractivity contribution >= 4 is 0 Å². The van der Waals surface area contributed by atoms with Gasteiger partial charge < -0.3 is 5.73 Å². The lowest BCUT2D eigenvalue weighted by atomic mass is 9.80. The molecule has 0 aromatic heterocycles. The van der Waals surface area contributed by atoms with Gasteiger partial charge in [0.15, 0.2) is 0 Å². The summed E-state index contributed by atoms with van der Waals surface area (Å²) in [6.45, 7) is 9.85. The summed E-state index contributed by atoms with van der Waals surface area (Å²) in [7, 11) is 0. The summed E-state index contributed by atoms with van der Waals surface area (Å²) in [5.41, 5.74) is 6.36. The molecule has 1 saturated heterocycles.